The molecule has 2 aromatic rings. The molecule has 2 aromatic carbocycles. The van der Waals surface area contributed by atoms with Crippen LogP contribution in [0.5, 0.6) is 5.75 Å². The van der Waals surface area contributed by atoms with Crippen LogP contribution in [0.2, 0.25) is 0 Å². The summed E-state index contributed by atoms with van der Waals surface area (Å²) in [5, 5.41) is 0. The first-order chi connectivity index (χ1) is 11.7. The van der Waals surface area contributed by atoms with Gasteiger partial charge >= 0.3 is 0 Å². The van der Waals surface area contributed by atoms with E-state index in [2.05, 4.69) is 0 Å². The van der Waals surface area contributed by atoms with Gasteiger partial charge in [0.15, 0.2) is 0 Å². The van der Waals surface area contributed by atoms with E-state index in [4.69, 9.17) is 4.74 Å². The molecule has 1 aliphatic heterocycles. The minimum Gasteiger partial charge on any atom is -0.493 e. The van der Waals surface area contributed by atoms with E-state index >= 15 is 0 Å². The van der Waals surface area contributed by atoms with E-state index in [9.17, 15) is 9.18 Å². The highest BCUT2D eigenvalue weighted by atomic mass is 19.1. The first-order valence-electron chi connectivity index (χ1n) is 8.41. The normalized spacial score (nSPS) is 15.3. The third kappa shape index (κ3) is 4.57. The van der Waals surface area contributed by atoms with Gasteiger partial charge < -0.3 is 9.64 Å². The number of para-hydroxylation sites is 1. The van der Waals surface area contributed by atoms with Crippen LogP contribution in [-0.4, -0.2) is 30.5 Å². The number of nitrogens with zero attached hydrogens (tertiary/aromatic N) is 1. The molecule has 126 valence electrons. The average Bonchev–Trinajstić information content (AvgIpc) is 2.63. The molecule has 4 heteroatoms. The van der Waals surface area contributed by atoms with Crippen molar-refractivity contribution in [3.8, 4) is 5.75 Å². The number of piperidine rings is 1. The summed E-state index contributed by atoms with van der Waals surface area (Å²) in [7, 11) is 0. The number of benzene rings is 2. The lowest BCUT2D eigenvalue weighted by atomic mass is 9.97. The monoisotopic (exact) mass is 327 g/mol. The number of carbonyl (C=O) groups is 1. The Kier molecular flexibility index (Phi) is 5.47. The van der Waals surface area contributed by atoms with E-state index in [1.807, 2.05) is 35.2 Å². The van der Waals surface area contributed by atoms with Gasteiger partial charge in [0.1, 0.15) is 11.6 Å². The molecule has 3 nitrogen and oxygen atoms in total. The molecule has 0 spiro atoms. The van der Waals surface area contributed by atoms with Gasteiger partial charge in [-0.1, -0.05) is 30.3 Å². The molecule has 24 heavy (non-hydrogen) atoms. The van der Waals surface area contributed by atoms with Crippen LogP contribution in [0.25, 0.3) is 0 Å². The zero-order chi connectivity index (χ0) is 16.8. The van der Waals surface area contributed by atoms with Crippen molar-refractivity contribution in [2.45, 2.75) is 19.3 Å². The molecule has 0 unspecified atom stereocenters. The highest BCUT2D eigenvalue weighted by Gasteiger charge is 2.23. The van der Waals surface area contributed by atoms with Gasteiger partial charge in [-0.3, -0.25) is 4.79 Å². The number of hydrogen-bond donors (Lipinski definition) is 0. The number of likely N-dealkylation sites (tertiary alicyclic amines) is 1. The van der Waals surface area contributed by atoms with Crippen molar-refractivity contribution in [3.63, 3.8) is 0 Å². The minimum atomic E-state index is -0.273. The molecule has 0 bridgehead atoms. The van der Waals surface area contributed by atoms with Crippen LogP contribution >= 0.6 is 0 Å². The zero-order valence-corrected chi connectivity index (χ0v) is 13.7. The van der Waals surface area contributed by atoms with Crippen LogP contribution in [0.3, 0.4) is 0 Å². The highest BCUT2D eigenvalue weighted by Crippen LogP contribution is 2.20. The maximum Gasteiger partial charge on any atom is 0.226 e. The molecule has 0 saturated carbocycles. The summed E-state index contributed by atoms with van der Waals surface area (Å²) in [5.41, 5.74) is 0.857. The molecule has 1 saturated heterocycles. The van der Waals surface area contributed by atoms with Gasteiger partial charge in [-0.05, 0) is 48.6 Å². The Bertz CT molecular complexity index is 649. The Hall–Kier alpha value is -2.36. The largest absolute Gasteiger partial charge is 0.493 e. The van der Waals surface area contributed by atoms with E-state index in [0.29, 0.717) is 18.9 Å². The smallest absolute Gasteiger partial charge is 0.226 e. The lowest BCUT2D eigenvalue weighted by Gasteiger charge is -2.32. The third-order valence-corrected chi connectivity index (χ3v) is 4.46. The number of carbonyl (C=O) groups excluding carboxylic acids is 1. The van der Waals surface area contributed by atoms with Crippen LogP contribution in [-0.2, 0) is 11.2 Å². The number of hydrogen-bond acceptors (Lipinski definition) is 2. The molecule has 0 aromatic heterocycles. The van der Waals surface area contributed by atoms with Crippen molar-refractivity contribution in [1.82, 2.24) is 4.90 Å². The van der Waals surface area contributed by atoms with Gasteiger partial charge in [0.05, 0.1) is 13.0 Å². The molecule has 1 amide bonds. The molecule has 3 rings (SSSR count). The van der Waals surface area contributed by atoms with Crippen molar-refractivity contribution in [2.24, 2.45) is 5.92 Å². The van der Waals surface area contributed by atoms with Crippen molar-refractivity contribution < 1.29 is 13.9 Å². The molecule has 0 atom stereocenters. The third-order valence-electron chi connectivity index (χ3n) is 4.46. The number of amides is 1. The average molecular weight is 327 g/mol. The second-order valence-electron chi connectivity index (χ2n) is 6.25. The highest BCUT2D eigenvalue weighted by molar-refractivity contribution is 5.78. The molecule has 1 fully saturated rings. The quantitative estimate of drug-likeness (QED) is 0.838. The predicted octanol–water partition coefficient (Wildman–Crippen LogP) is 3.69. The van der Waals surface area contributed by atoms with Gasteiger partial charge in [-0.2, -0.15) is 0 Å². The molecule has 0 N–H and O–H groups in total. The summed E-state index contributed by atoms with van der Waals surface area (Å²) in [6, 6.07) is 16.0. The molecule has 1 aliphatic rings. The SMILES string of the molecule is O=C(Cc1ccc(F)cc1)N1CCC(COc2ccccc2)CC1. The fourth-order valence-electron chi connectivity index (χ4n) is 2.97. The molecular weight excluding hydrogens is 305 g/mol. The van der Waals surface area contributed by atoms with Gasteiger partial charge in [-0.25, -0.2) is 4.39 Å². The topological polar surface area (TPSA) is 29.5 Å². The number of rotatable bonds is 5. The Morgan fingerprint density at radius 2 is 1.71 bits per heavy atom. The molecular formula is C20H22FNO2. The lowest BCUT2D eigenvalue weighted by molar-refractivity contribution is -0.132. The maximum atomic E-state index is 12.9. The standard InChI is InChI=1S/C20H22FNO2/c21-18-8-6-16(7-9-18)14-20(23)22-12-10-17(11-13-22)15-24-19-4-2-1-3-5-19/h1-9,17H,10-15H2. The summed E-state index contributed by atoms with van der Waals surface area (Å²) >= 11 is 0. The summed E-state index contributed by atoms with van der Waals surface area (Å²) in [5.74, 6) is 1.22. The summed E-state index contributed by atoms with van der Waals surface area (Å²) < 4.78 is 18.7. The molecule has 0 radical (unpaired) electrons. The Labute approximate surface area is 142 Å². The van der Waals surface area contributed by atoms with E-state index in [1.54, 1.807) is 12.1 Å². The zero-order valence-electron chi connectivity index (χ0n) is 13.7. The minimum absolute atomic E-state index is 0.115. The van der Waals surface area contributed by atoms with Crippen molar-refractivity contribution in [1.29, 1.82) is 0 Å². The summed E-state index contributed by atoms with van der Waals surface area (Å²) in [6.07, 6.45) is 2.26. The van der Waals surface area contributed by atoms with Crippen LogP contribution < -0.4 is 4.74 Å². The van der Waals surface area contributed by atoms with Gasteiger partial charge in [0, 0.05) is 13.1 Å². The number of halogens is 1. The predicted molar refractivity (Wildman–Crippen MR) is 91.3 cm³/mol. The Morgan fingerprint density at radius 3 is 2.38 bits per heavy atom. The van der Waals surface area contributed by atoms with Gasteiger partial charge in [0.25, 0.3) is 0 Å². The number of ether oxygens (including phenoxy) is 1. The first kappa shape index (κ1) is 16.5. The van der Waals surface area contributed by atoms with Crippen LogP contribution in [0.15, 0.2) is 54.6 Å². The fourth-order valence-corrected chi connectivity index (χ4v) is 2.97. The van der Waals surface area contributed by atoms with Crippen molar-refractivity contribution in [2.75, 3.05) is 19.7 Å². The van der Waals surface area contributed by atoms with Crippen molar-refractivity contribution >= 4 is 5.91 Å². The van der Waals surface area contributed by atoms with Crippen molar-refractivity contribution in [3.05, 3.63) is 66.0 Å². The van der Waals surface area contributed by atoms with Crippen LogP contribution in [0, 0.1) is 11.7 Å². The second kappa shape index (κ2) is 7.95. The first-order valence-corrected chi connectivity index (χ1v) is 8.41. The Balaban J connectivity index is 1.42. The van der Waals surface area contributed by atoms with Gasteiger partial charge in [0.2, 0.25) is 5.91 Å². The maximum absolute atomic E-state index is 12.9. The van der Waals surface area contributed by atoms with E-state index in [-0.39, 0.29) is 11.7 Å². The van der Waals surface area contributed by atoms with Crippen LogP contribution in [0.1, 0.15) is 18.4 Å². The van der Waals surface area contributed by atoms with E-state index < -0.39 is 0 Å². The van der Waals surface area contributed by atoms with Crippen LogP contribution in [0.4, 0.5) is 4.39 Å². The van der Waals surface area contributed by atoms with E-state index in [1.165, 1.54) is 12.1 Å². The Morgan fingerprint density at radius 1 is 1.04 bits per heavy atom. The molecule has 0 aliphatic carbocycles. The summed E-state index contributed by atoms with van der Waals surface area (Å²) in [4.78, 5) is 14.2. The lowest BCUT2D eigenvalue weighted by Crippen LogP contribution is -2.40. The van der Waals surface area contributed by atoms with E-state index in [0.717, 1.165) is 37.2 Å². The summed E-state index contributed by atoms with van der Waals surface area (Å²) in [6.45, 7) is 2.23. The van der Waals surface area contributed by atoms with Gasteiger partial charge in [-0.15, -0.1) is 0 Å². The fraction of sp³-hybridized carbons (Fsp3) is 0.350. The second-order valence-corrected chi connectivity index (χ2v) is 6.25. The molecule has 1 heterocycles.